The highest BCUT2D eigenvalue weighted by molar-refractivity contribution is 5.94. The largest absolute Gasteiger partial charge is 0.467 e. The smallest absolute Gasteiger partial charge is 0.328 e. The van der Waals surface area contributed by atoms with Crippen LogP contribution in [0.5, 0.6) is 0 Å². The number of carbonyl (C=O) groups is 3. The molecule has 0 bridgehead atoms. The second-order valence-electron chi connectivity index (χ2n) is 14.6. The summed E-state index contributed by atoms with van der Waals surface area (Å²) < 4.78 is 18.4. The fraction of sp³-hybridized carbons (Fsp3) is 0.372. The van der Waals surface area contributed by atoms with E-state index in [-0.39, 0.29) is 37.1 Å². The molecule has 4 aromatic rings. The third kappa shape index (κ3) is 8.52. The minimum Gasteiger partial charge on any atom is -0.467 e. The Morgan fingerprint density at radius 2 is 1.62 bits per heavy atom. The first-order chi connectivity index (χ1) is 26.8. The molecule has 5 atom stereocenters. The van der Waals surface area contributed by atoms with Crippen molar-refractivity contribution in [3.63, 3.8) is 0 Å². The molecule has 5 unspecified atom stereocenters. The maximum atomic E-state index is 13.3. The summed E-state index contributed by atoms with van der Waals surface area (Å²) in [6, 6.07) is 33.2. The van der Waals surface area contributed by atoms with Gasteiger partial charge in [-0.3, -0.25) is 4.79 Å². The Balaban J connectivity index is 1.06. The van der Waals surface area contributed by atoms with Crippen LogP contribution in [-0.2, 0) is 36.8 Å². The fourth-order valence-corrected chi connectivity index (χ4v) is 7.99. The molecule has 12 heteroatoms. The number of amides is 3. The average molecular weight is 748 g/mol. The first-order valence-electron chi connectivity index (χ1n) is 18.9. The van der Waals surface area contributed by atoms with Gasteiger partial charge in [0.2, 0.25) is 5.91 Å². The van der Waals surface area contributed by atoms with Crippen molar-refractivity contribution in [2.45, 2.75) is 62.9 Å². The van der Waals surface area contributed by atoms with E-state index in [1.54, 1.807) is 6.07 Å². The van der Waals surface area contributed by atoms with Crippen LogP contribution in [0, 0.1) is 5.92 Å². The van der Waals surface area contributed by atoms with Crippen molar-refractivity contribution in [2.75, 3.05) is 43.6 Å². The summed E-state index contributed by atoms with van der Waals surface area (Å²) in [5.41, 5.74) is 4.36. The lowest BCUT2D eigenvalue weighted by atomic mass is 9.84. The standard InChI is InChI=1S/C43H49N5O7/c1-29-37(26-47-22-20-43(21-23-47)41(51)44-28-48(43)35-14-7-4-8-15-35)54-40(55-38(29)32-18-16-31(27-49)17-19-32)33-12-9-13-34(25-33)45-42(52)46-36(39(50)53-2)24-30-10-5-3-6-11-30/h3-19,25,29,36-38,40,49H,20-24,26-28H2,1-2H3,(H,44,51)(H2,45,46,52). The van der Waals surface area contributed by atoms with Gasteiger partial charge in [-0.25, -0.2) is 9.59 Å². The number of ether oxygens (including phenoxy) is 3. The van der Waals surface area contributed by atoms with E-state index in [2.05, 4.69) is 44.8 Å². The number of hydrogen-bond donors (Lipinski definition) is 4. The number of aliphatic hydroxyl groups is 1. The Morgan fingerprint density at radius 1 is 0.909 bits per heavy atom. The number of rotatable bonds is 11. The van der Waals surface area contributed by atoms with Gasteiger partial charge in [-0.05, 0) is 53.8 Å². The Morgan fingerprint density at radius 3 is 2.31 bits per heavy atom. The molecule has 3 aliphatic rings. The maximum absolute atomic E-state index is 13.3. The molecule has 55 heavy (non-hydrogen) atoms. The highest BCUT2D eigenvalue weighted by Gasteiger charge is 2.51. The van der Waals surface area contributed by atoms with Crippen molar-refractivity contribution < 1.29 is 33.7 Å². The molecule has 1 spiro atoms. The van der Waals surface area contributed by atoms with Crippen LogP contribution in [0.15, 0.2) is 109 Å². The second-order valence-corrected chi connectivity index (χ2v) is 14.6. The van der Waals surface area contributed by atoms with E-state index in [1.165, 1.54) is 7.11 Å². The Hall–Kier alpha value is -5.27. The topological polar surface area (TPSA) is 142 Å². The Labute approximate surface area is 321 Å². The van der Waals surface area contributed by atoms with Gasteiger partial charge in [-0.2, -0.15) is 0 Å². The van der Waals surface area contributed by atoms with Gasteiger partial charge in [0.1, 0.15) is 11.6 Å². The quantitative estimate of drug-likeness (QED) is 0.150. The maximum Gasteiger partial charge on any atom is 0.328 e. The molecule has 288 valence electrons. The zero-order chi connectivity index (χ0) is 38.4. The molecular weight excluding hydrogens is 699 g/mol. The van der Waals surface area contributed by atoms with Crippen LogP contribution in [0.2, 0.25) is 0 Å². The SMILES string of the molecule is COC(=O)C(Cc1ccccc1)NC(=O)Nc1cccc(C2OC(CN3CCC4(CC3)C(=O)NCN4c3ccccc3)C(C)C(c3ccc(CO)cc3)O2)c1. The summed E-state index contributed by atoms with van der Waals surface area (Å²) in [6.07, 6.45) is 0.371. The first-order valence-corrected chi connectivity index (χ1v) is 18.9. The number of carbonyl (C=O) groups excluding carboxylic acids is 3. The lowest BCUT2D eigenvalue weighted by Gasteiger charge is -2.46. The van der Waals surface area contributed by atoms with Gasteiger partial charge >= 0.3 is 12.0 Å². The number of anilines is 2. The number of piperidine rings is 1. The van der Waals surface area contributed by atoms with E-state index in [9.17, 15) is 19.5 Å². The van der Waals surface area contributed by atoms with Gasteiger partial charge in [-0.15, -0.1) is 0 Å². The molecule has 3 saturated heterocycles. The van der Waals surface area contributed by atoms with Gasteiger partial charge in [0, 0.05) is 48.9 Å². The van der Waals surface area contributed by atoms with E-state index < -0.39 is 29.9 Å². The number of esters is 1. The molecule has 3 amide bonds. The van der Waals surface area contributed by atoms with Gasteiger partial charge in [0.15, 0.2) is 6.29 Å². The normalized spacial score (nSPS) is 22.8. The van der Waals surface area contributed by atoms with Crippen LogP contribution in [0.25, 0.3) is 0 Å². The van der Waals surface area contributed by atoms with E-state index in [4.69, 9.17) is 14.2 Å². The molecular formula is C43H49N5O7. The monoisotopic (exact) mass is 747 g/mol. The third-order valence-electron chi connectivity index (χ3n) is 11.1. The highest BCUT2D eigenvalue weighted by atomic mass is 16.7. The minimum absolute atomic E-state index is 0.0327. The van der Waals surface area contributed by atoms with Crippen LogP contribution >= 0.6 is 0 Å². The number of para-hydroxylation sites is 1. The number of benzene rings is 4. The molecule has 3 fully saturated rings. The molecule has 3 heterocycles. The predicted molar refractivity (Wildman–Crippen MR) is 208 cm³/mol. The van der Waals surface area contributed by atoms with Crippen LogP contribution < -0.4 is 20.9 Å². The molecule has 0 radical (unpaired) electrons. The van der Waals surface area contributed by atoms with E-state index >= 15 is 0 Å². The van der Waals surface area contributed by atoms with E-state index in [0.29, 0.717) is 31.7 Å². The predicted octanol–water partition coefficient (Wildman–Crippen LogP) is 5.30. The average Bonchev–Trinajstić information content (AvgIpc) is 3.53. The van der Waals surface area contributed by atoms with Crippen molar-refractivity contribution in [1.82, 2.24) is 15.5 Å². The van der Waals surface area contributed by atoms with Crippen molar-refractivity contribution in [3.05, 3.63) is 131 Å². The first kappa shape index (κ1) is 38.0. The molecule has 4 N–H and O–H groups in total. The van der Waals surface area contributed by atoms with Gasteiger partial charge in [0.25, 0.3) is 0 Å². The van der Waals surface area contributed by atoms with E-state index in [0.717, 1.165) is 41.0 Å². The molecule has 7 rings (SSSR count). The number of methoxy groups -OCH3 is 1. The summed E-state index contributed by atoms with van der Waals surface area (Å²) >= 11 is 0. The number of urea groups is 1. The fourth-order valence-electron chi connectivity index (χ4n) is 7.99. The summed E-state index contributed by atoms with van der Waals surface area (Å²) in [5, 5.41) is 18.4. The van der Waals surface area contributed by atoms with Crippen LogP contribution in [0.1, 0.15) is 54.4 Å². The van der Waals surface area contributed by atoms with Gasteiger partial charge in [-0.1, -0.05) is 91.9 Å². The molecule has 12 nitrogen and oxygen atoms in total. The minimum atomic E-state index is -0.880. The number of nitrogens with one attached hydrogen (secondary N) is 3. The lowest BCUT2D eigenvalue weighted by Crippen LogP contribution is -2.57. The van der Waals surface area contributed by atoms with E-state index in [1.807, 2.05) is 91.0 Å². The summed E-state index contributed by atoms with van der Waals surface area (Å²) in [5.74, 6) is -0.495. The molecule has 4 aromatic carbocycles. The van der Waals surface area contributed by atoms with Crippen LogP contribution in [0.3, 0.4) is 0 Å². The molecule has 3 aliphatic heterocycles. The number of likely N-dealkylation sites (tertiary alicyclic amines) is 1. The number of hydrogen-bond acceptors (Lipinski definition) is 9. The van der Waals surface area contributed by atoms with Crippen molar-refractivity contribution in [2.24, 2.45) is 5.92 Å². The second kappa shape index (κ2) is 17.0. The van der Waals surface area contributed by atoms with Crippen molar-refractivity contribution >= 4 is 29.3 Å². The molecule has 0 saturated carbocycles. The lowest BCUT2D eigenvalue weighted by molar-refractivity contribution is -0.276. The van der Waals surface area contributed by atoms with Gasteiger partial charge < -0.3 is 45.1 Å². The van der Waals surface area contributed by atoms with Gasteiger partial charge in [0.05, 0.1) is 32.6 Å². The van der Waals surface area contributed by atoms with Crippen LogP contribution in [-0.4, -0.2) is 79.0 Å². The molecule has 0 aliphatic carbocycles. The third-order valence-corrected chi connectivity index (χ3v) is 11.1. The van der Waals surface area contributed by atoms with Crippen molar-refractivity contribution in [3.8, 4) is 0 Å². The molecule has 0 aromatic heterocycles. The zero-order valence-electron chi connectivity index (χ0n) is 31.2. The highest BCUT2D eigenvalue weighted by Crippen LogP contribution is 2.43. The van der Waals surface area contributed by atoms with Crippen LogP contribution in [0.4, 0.5) is 16.2 Å². The van der Waals surface area contributed by atoms with Crippen molar-refractivity contribution in [1.29, 1.82) is 0 Å². The number of aliphatic hydroxyl groups excluding tert-OH is 1. The summed E-state index contributed by atoms with van der Waals surface area (Å²) in [6.45, 7) is 4.69. The number of nitrogens with zero attached hydrogens (tertiary/aromatic N) is 2. The Kier molecular flexibility index (Phi) is 11.8. The summed E-state index contributed by atoms with van der Waals surface area (Å²) in [4.78, 5) is 43.7. The summed E-state index contributed by atoms with van der Waals surface area (Å²) in [7, 11) is 1.30. The zero-order valence-corrected chi connectivity index (χ0v) is 31.2. The Bertz CT molecular complexity index is 1920.